The van der Waals surface area contributed by atoms with E-state index in [1.54, 1.807) is 19.3 Å². The van der Waals surface area contributed by atoms with E-state index in [9.17, 15) is 41.0 Å². The van der Waals surface area contributed by atoms with Gasteiger partial charge in [-0.25, -0.2) is 24.7 Å². The number of aliphatic hydroxyl groups is 2. The number of carboxylic acid groups (broad SMARTS) is 1. The van der Waals surface area contributed by atoms with Crippen LogP contribution in [-0.2, 0) is 19.4 Å². The molecule has 1 aliphatic heterocycles. The number of carboxylic acids is 1. The molecule has 2 fully saturated rings. The molecular formula is C37H39F6N11O7. The second kappa shape index (κ2) is 16.4. The Morgan fingerprint density at radius 3 is 2.13 bits per heavy atom. The number of anilines is 2. The zero-order chi connectivity index (χ0) is 43.9. The number of nitrogens with one attached hydrogen (secondary N) is 3. The number of aromatic nitrogens is 8. The predicted molar refractivity (Wildman–Crippen MR) is 200 cm³/mol. The molecule has 7 heterocycles. The van der Waals surface area contributed by atoms with Gasteiger partial charge in [0.15, 0.2) is 28.4 Å². The molecule has 0 amide bonds. The van der Waals surface area contributed by atoms with Gasteiger partial charge in [-0.15, -0.1) is 0 Å². The van der Waals surface area contributed by atoms with Crippen LogP contribution in [0.5, 0.6) is 0 Å². The number of aromatic carboxylic acids is 1. The van der Waals surface area contributed by atoms with Crippen molar-refractivity contribution in [2.24, 2.45) is 11.7 Å². The van der Waals surface area contributed by atoms with Gasteiger partial charge < -0.3 is 50.3 Å². The Morgan fingerprint density at radius 1 is 0.902 bits per heavy atom. The maximum atomic E-state index is 12.7. The second-order valence-electron chi connectivity index (χ2n) is 15.2. The molecule has 0 bridgehead atoms. The quantitative estimate of drug-likeness (QED) is 0.0760. The first-order valence-corrected chi connectivity index (χ1v) is 18.8. The highest BCUT2D eigenvalue weighted by molar-refractivity contribution is 5.96. The highest BCUT2D eigenvalue weighted by atomic mass is 19.4. The van der Waals surface area contributed by atoms with Crippen LogP contribution in [0.25, 0.3) is 22.1 Å². The maximum absolute atomic E-state index is 12.7. The summed E-state index contributed by atoms with van der Waals surface area (Å²) >= 11 is 0. The Kier molecular flexibility index (Phi) is 11.5. The molecule has 9 rings (SSSR count). The number of rotatable bonds is 9. The van der Waals surface area contributed by atoms with Crippen molar-refractivity contribution in [1.82, 2.24) is 40.2 Å². The van der Waals surface area contributed by atoms with Gasteiger partial charge in [0.05, 0.1) is 17.3 Å². The van der Waals surface area contributed by atoms with E-state index in [0.717, 1.165) is 22.2 Å². The van der Waals surface area contributed by atoms with Crippen molar-refractivity contribution < 1.29 is 60.3 Å². The molecule has 3 aliphatic rings. The van der Waals surface area contributed by atoms with Crippen LogP contribution in [0.2, 0.25) is 0 Å². The number of hydrogen-bond acceptors (Lipinski definition) is 15. The number of carbonyl (C=O) groups excluding carboxylic acids is 1. The van der Waals surface area contributed by atoms with Gasteiger partial charge in [-0.05, 0) is 37.8 Å². The average molecular weight is 864 g/mol. The summed E-state index contributed by atoms with van der Waals surface area (Å²) in [5.74, 6) is 0.632. The minimum atomic E-state index is -4.67. The van der Waals surface area contributed by atoms with Crippen molar-refractivity contribution in [1.29, 1.82) is 0 Å². The third kappa shape index (κ3) is 8.72. The van der Waals surface area contributed by atoms with Gasteiger partial charge in [-0.1, -0.05) is 10.3 Å². The van der Waals surface area contributed by atoms with Crippen molar-refractivity contribution in [3.8, 4) is 0 Å². The lowest BCUT2D eigenvalue weighted by molar-refractivity contribution is -0.298. The van der Waals surface area contributed by atoms with Gasteiger partial charge in [-0.2, -0.15) is 26.3 Å². The first-order valence-electron chi connectivity index (χ1n) is 18.8. The maximum Gasteiger partial charge on any atom is 0.417 e. The van der Waals surface area contributed by atoms with E-state index in [0.29, 0.717) is 66.6 Å². The monoisotopic (exact) mass is 863 g/mol. The van der Waals surface area contributed by atoms with E-state index in [1.165, 1.54) is 12.7 Å². The summed E-state index contributed by atoms with van der Waals surface area (Å²) in [7, 11) is 0. The lowest BCUT2D eigenvalue weighted by Crippen LogP contribution is -2.60. The first kappa shape index (κ1) is 43.0. The molecule has 326 valence electrons. The van der Waals surface area contributed by atoms with E-state index in [4.69, 9.17) is 25.0 Å². The third-order valence-electron chi connectivity index (χ3n) is 10.9. The number of nitrogens with zero attached hydrogens (tertiary/aromatic N) is 7. The van der Waals surface area contributed by atoms with Crippen LogP contribution < -0.4 is 16.0 Å². The van der Waals surface area contributed by atoms with Gasteiger partial charge in [0, 0.05) is 74.8 Å². The minimum absolute atomic E-state index is 0.0194. The fourth-order valence-corrected chi connectivity index (χ4v) is 7.51. The SMILES string of the molecule is Cc1c(C(=O)CC2CC(O)(C(F)(F)F)C2)noc1CCNc1ncnc2[nH]ccc12.NC1CC(O)(C(F)(F)F)C1.O=C(O)c1noc2c1CN(c1ncnc3[nH]ccc13)CC2. The van der Waals surface area contributed by atoms with Crippen molar-refractivity contribution in [3.63, 3.8) is 0 Å². The number of fused-ring (bicyclic) bond motifs is 3. The Morgan fingerprint density at radius 2 is 1.51 bits per heavy atom. The average Bonchev–Trinajstić information content (AvgIpc) is 4.00. The normalized spacial score (nSPS) is 22.3. The highest BCUT2D eigenvalue weighted by Gasteiger charge is 2.61. The van der Waals surface area contributed by atoms with Crippen LogP contribution in [0.15, 0.2) is 46.2 Å². The van der Waals surface area contributed by atoms with E-state index in [2.05, 4.69) is 45.5 Å². The molecule has 0 spiro atoms. The number of carbonyl (C=O) groups is 2. The molecule has 6 aromatic rings. The summed E-state index contributed by atoms with van der Waals surface area (Å²) in [6, 6.07) is 3.27. The lowest BCUT2D eigenvalue weighted by atomic mass is 9.68. The van der Waals surface area contributed by atoms with Crippen molar-refractivity contribution >= 4 is 45.5 Å². The second-order valence-corrected chi connectivity index (χ2v) is 15.2. The molecule has 6 aromatic heterocycles. The van der Waals surface area contributed by atoms with Crippen molar-refractivity contribution in [2.75, 3.05) is 23.3 Å². The summed E-state index contributed by atoms with van der Waals surface area (Å²) < 4.78 is 83.8. The number of ketones is 1. The standard InChI is InChI=1S/C19H20F3N5O3.C13H11N5O3.C5H8F3NO/c1-10-14(3-5-24-17-12-2-4-23-16(12)25-9-26-17)30-27-15(10)13(28)6-11-7-18(29,8-11)19(20,21)22;19-13(20)10-8-5-18(4-2-9(8)21-17-10)12-7-1-3-14-11(7)15-6-16-12;6-5(7,8)4(10)1-3(9)2-4/h2,4,9,11,29H,3,5-8H2,1H3,(H2,23,24,25,26);1,3,6H,2,4-5H2,(H,19,20)(H,14,15,16);3,10H,1-2,9H2. The molecule has 2 saturated carbocycles. The largest absolute Gasteiger partial charge is 0.476 e. The highest BCUT2D eigenvalue weighted by Crippen LogP contribution is 2.50. The summed E-state index contributed by atoms with van der Waals surface area (Å²) in [6.45, 7) is 3.28. The molecule has 0 atom stereocenters. The summed E-state index contributed by atoms with van der Waals surface area (Å²) in [4.78, 5) is 48.5. The molecule has 61 heavy (non-hydrogen) atoms. The summed E-state index contributed by atoms with van der Waals surface area (Å²) in [5.41, 5.74) is 2.69. The fourth-order valence-electron chi connectivity index (χ4n) is 7.51. The van der Waals surface area contributed by atoms with E-state index in [1.807, 2.05) is 17.0 Å². The number of H-pyrrole nitrogens is 2. The summed E-state index contributed by atoms with van der Waals surface area (Å²) in [6.07, 6.45) is -3.40. The Bertz CT molecular complexity index is 2520. The number of alkyl halides is 6. The third-order valence-corrected chi connectivity index (χ3v) is 10.9. The number of halogens is 6. The number of hydrogen-bond donors (Lipinski definition) is 7. The van der Waals surface area contributed by atoms with Gasteiger partial charge in [0.25, 0.3) is 0 Å². The number of aromatic amines is 2. The molecule has 24 heteroatoms. The van der Waals surface area contributed by atoms with E-state index >= 15 is 0 Å². The predicted octanol–water partition coefficient (Wildman–Crippen LogP) is 4.79. The molecule has 2 aliphatic carbocycles. The molecule has 0 aromatic carbocycles. The van der Waals surface area contributed by atoms with Gasteiger partial charge in [-0.3, -0.25) is 4.79 Å². The zero-order valence-electron chi connectivity index (χ0n) is 32.1. The Hall–Kier alpha value is -6.14. The van der Waals surface area contributed by atoms with Crippen molar-refractivity contribution in [2.45, 2.75) is 88.0 Å². The van der Waals surface area contributed by atoms with Crippen LogP contribution in [-0.4, -0.2) is 110 Å². The van der Waals surface area contributed by atoms with Crippen LogP contribution in [0.4, 0.5) is 38.0 Å². The smallest absolute Gasteiger partial charge is 0.417 e. The van der Waals surface area contributed by atoms with Crippen LogP contribution >= 0.6 is 0 Å². The van der Waals surface area contributed by atoms with E-state index in [-0.39, 0.29) is 36.4 Å². The first-order chi connectivity index (χ1) is 28.8. The fraction of sp³-hybridized carbons (Fsp3) is 0.459. The molecular weight excluding hydrogens is 824 g/mol. The molecule has 0 radical (unpaired) electrons. The summed E-state index contributed by atoms with van der Waals surface area (Å²) in [5, 5.41) is 39.8. The zero-order valence-corrected chi connectivity index (χ0v) is 32.1. The molecule has 8 N–H and O–H groups in total. The van der Waals surface area contributed by atoms with Gasteiger partial charge >= 0.3 is 18.3 Å². The van der Waals surface area contributed by atoms with Gasteiger partial charge in [0.1, 0.15) is 47.1 Å². The number of Topliss-reactive ketones (excluding diaryl/α,β-unsaturated/α-hetero) is 1. The van der Waals surface area contributed by atoms with Crippen molar-refractivity contribution in [3.05, 3.63) is 71.2 Å². The minimum Gasteiger partial charge on any atom is -0.476 e. The van der Waals surface area contributed by atoms with Crippen LogP contribution in [0.3, 0.4) is 0 Å². The van der Waals surface area contributed by atoms with E-state index < -0.39 is 54.3 Å². The topological polar surface area (TPSA) is 271 Å². The Balaban J connectivity index is 0.000000156. The van der Waals surface area contributed by atoms with Gasteiger partial charge in [0.2, 0.25) is 0 Å². The van der Waals surface area contributed by atoms with Crippen LogP contribution in [0.1, 0.15) is 75.7 Å². The number of nitrogens with two attached hydrogens (primary N) is 1. The lowest BCUT2D eigenvalue weighted by Gasteiger charge is -2.44. The molecule has 0 saturated heterocycles. The Labute approximate surface area is 339 Å². The van der Waals surface area contributed by atoms with Crippen LogP contribution in [0, 0.1) is 12.8 Å². The molecule has 0 unspecified atom stereocenters. The molecule has 18 nitrogen and oxygen atoms in total.